The van der Waals surface area contributed by atoms with E-state index in [1.54, 1.807) is 11.0 Å². The summed E-state index contributed by atoms with van der Waals surface area (Å²) in [5, 5.41) is 2.59. The summed E-state index contributed by atoms with van der Waals surface area (Å²) in [6.07, 6.45) is 0.231. The summed E-state index contributed by atoms with van der Waals surface area (Å²) in [5.41, 5.74) is 0.284. The van der Waals surface area contributed by atoms with Gasteiger partial charge in [0.15, 0.2) is 0 Å². The number of likely N-dealkylation sites (tertiary alicyclic amines) is 1. The van der Waals surface area contributed by atoms with Crippen molar-refractivity contribution in [2.75, 3.05) is 25.0 Å². The Labute approximate surface area is 160 Å². The summed E-state index contributed by atoms with van der Waals surface area (Å²) >= 11 is 18.1. The minimum atomic E-state index is -1.68. The molecule has 0 atom stereocenters. The van der Waals surface area contributed by atoms with E-state index in [-0.39, 0.29) is 17.9 Å². The van der Waals surface area contributed by atoms with Gasteiger partial charge in [0.25, 0.3) is 5.91 Å². The molecular weight excluding hydrogens is 395 g/mol. The predicted octanol–water partition coefficient (Wildman–Crippen LogP) is 4.81. The van der Waals surface area contributed by atoms with Gasteiger partial charge in [-0.15, -0.1) is 11.3 Å². The molecule has 2 rings (SSSR count). The smallest absolute Gasteiger partial charge is 0.411 e. The SMILES string of the molecule is CC(C)(C)c1cc(NC(=O)OCC(Cl)(Cl)Cl)c(C(=O)N2CCC2)s1. The number of amides is 2. The lowest BCUT2D eigenvalue weighted by atomic mass is 9.94. The molecule has 1 aliphatic heterocycles. The Balaban J connectivity index is 2.18. The Kier molecular flexibility index (Phi) is 5.95. The van der Waals surface area contributed by atoms with Crippen molar-refractivity contribution in [1.29, 1.82) is 0 Å². The minimum absolute atomic E-state index is 0.0848. The van der Waals surface area contributed by atoms with Crippen molar-refractivity contribution in [3.05, 3.63) is 15.8 Å². The van der Waals surface area contributed by atoms with Crippen LogP contribution in [0.4, 0.5) is 10.5 Å². The van der Waals surface area contributed by atoms with Crippen molar-refractivity contribution >= 4 is 63.8 Å². The van der Waals surface area contributed by atoms with E-state index >= 15 is 0 Å². The van der Waals surface area contributed by atoms with Crippen molar-refractivity contribution in [3.8, 4) is 0 Å². The number of ether oxygens (including phenoxy) is 1. The molecule has 134 valence electrons. The van der Waals surface area contributed by atoms with Crippen LogP contribution in [0.5, 0.6) is 0 Å². The van der Waals surface area contributed by atoms with Gasteiger partial charge in [-0.3, -0.25) is 10.1 Å². The minimum Gasteiger partial charge on any atom is -0.445 e. The van der Waals surface area contributed by atoms with Crippen LogP contribution < -0.4 is 5.32 Å². The first-order valence-corrected chi connectivity index (χ1v) is 9.36. The van der Waals surface area contributed by atoms with Crippen molar-refractivity contribution < 1.29 is 14.3 Å². The van der Waals surface area contributed by atoms with Gasteiger partial charge in [-0.05, 0) is 17.9 Å². The van der Waals surface area contributed by atoms with Gasteiger partial charge in [-0.1, -0.05) is 55.6 Å². The maximum atomic E-state index is 12.6. The molecule has 0 spiro atoms. The molecule has 2 amide bonds. The maximum Gasteiger partial charge on any atom is 0.411 e. The third kappa shape index (κ3) is 5.15. The molecule has 0 aromatic carbocycles. The Morgan fingerprint density at radius 3 is 2.38 bits per heavy atom. The normalized spacial score (nSPS) is 15.0. The van der Waals surface area contributed by atoms with Crippen molar-refractivity contribution in [3.63, 3.8) is 0 Å². The van der Waals surface area contributed by atoms with E-state index in [4.69, 9.17) is 39.5 Å². The number of carbonyl (C=O) groups is 2. The van der Waals surface area contributed by atoms with Gasteiger partial charge in [0.1, 0.15) is 11.5 Å². The molecule has 0 unspecified atom stereocenters. The summed E-state index contributed by atoms with van der Waals surface area (Å²) in [6, 6.07) is 1.80. The van der Waals surface area contributed by atoms with E-state index in [9.17, 15) is 9.59 Å². The van der Waals surface area contributed by atoms with E-state index in [1.807, 2.05) is 20.8 Å². The lowest BCUT2D eigenvalue weighted by molar-refractivity contribution is 0.0658. The molecule has 1 aliphatic rings. The largest absolute Gasteiger partial charge is 0.445 e. The highest BCUT2D eigenvalue weighted by Crippen LogP contribution is 2.37. The fourth-order valence-corrected chi connectivity index (χ4v) is 3.27. The fourth-order valence-electron chi connectivity index (χ4n) is 1.97. The standard InChI is InChI=1S/C15H19Cl3N2O3S/c1-14(2,3)10-7-9(19-13(22)23-8-15(16,17)18)11(24-10)12(21)20-5-4-6-20/h7H,4-6,8H2,1-3H3,(H,19,22). The highest BCUT2D eigenvalue weighted by molar-refractivity contribution is 7.14. The molecule has 0 saturated carbocycles. The van der Waals surface area contributed by atoms with Gasteiger partial charge in [0, 0.05) is 18.0 Å². The molecule has 1 aromatic rings. The molecule has 0 bridgehead atoms. The van der Waals surface area contributed by atoms with Crippen LogP contribution in [0.25, 0.3) is 0 Å². The van der Waals surface area contributed by atoms with Gasteiger partial charge in [-0.25, -0.2) is 4.79 Å². The number of thiophene rings is 1. The highest BCUT2D eigenvalue weighted by atomic mass is 35.6. The second kappa shape index (κ2) is 7.28. The monoisotopic (exact) mass is 412 g/mol. The number of nitrogens with one attached hydrogen (secondary N) is 1. The quantitative estimate of drug-likeness (QED) is 0.723. The molecule has 9 heteroatoms. The molecule has 1 saturated heterocycles. The average Bonchev–Trinajstić information content (AvgIpc) is 2.77. The number of hydrogen-bond acceptors (Lipinski definition) is 4. The fraction of sp³-hybridized carbons (Fsp3) is 0.600. The summed E-state index contributed by atoms with van der Waals surface area (Å²) in [4.78, 5) is 27.7. The van der Waals surface area contributed by atoms with Crippen LogP contribution in [0.15, 0.2) is 6.07 Å². The van der Waals surface area contributed by atoms with Crippen LogP contribution in [0.2, 0.25) is 0 Å². The first-order valence-electron chi connectivity index (χ1n) is 7.41. The van der Waals surface area contributed by atoms with Crippen molar-refractivity contribution in [1.82, 2.24) is 4.90 Å². The van der Waals surface area contributed by atoms with Crippen LogP contribution in [-0.2, 0) is 10.2 Å². The first kappa shape index (κ1) is 19.6. The zero-order valence-electron chi connectivity index (χ0n) is 13.6. The predicted molar refractivity (Wildman–Crippen MR) is 98.8 cm³/mol. The van der Waals surface area contributed by atoms with E-state index in [0.29, 0.717) is 10.6 Å². The van der Waals surface area contributed by atoms with Crippen LogP contribution in [0.3, 0.4) is 0 Å². The number of alkyl halides is 3. The highest BCUT2D eigenvalue weighted by Gasteiger charge is 2.29. The van der Waals surface area contributed by atoms with Gasteiger partial charge >= 0.3 is 6.09 Å². The van der Waals surface area contributed by atoms with Crippen molar-refractivity contribution in [2.45, 2.75) is 36.4 Å². The van der Waals surface area contributed by atoms with E-state index in [0.717, 1.165) is 24.4 Å². The molecule has 1 N–H and O–H groups in total. The second-order valence-corrected chi connectivity index (χ2v) is 10.1. The van der Waals surface area contributed by atoms with Crippen molar-refractivity contribution in [2.24, 2.45) is 0 Å². The van der Waals surface area contributed by atoms with Crippen LogP contribution in [-0.4, -0.2) is 40.4 Å². The summed E-state index contributed by atoms with van der Waals surface area (Å²) < 4.78 is 3.19. The van der Waals surface area contributed by atoms with Gasteiger partial charge in [0.2, 0.25) is 3.79 Å². The number of carbonyl (C=O) groups excluding carboxylic acids is 2. The molecule has 0 aliphatic carbocycles. The molecule has 5 nitrogen and oxygen atoms in total. The molecular formula is C15H19Cl3N2O3S. The summed E-state index contributed by atoms with van der Waals surface area (Å²) in [7, 11) is 0. The third-order valence-corrected chi connectivity index (χ3v) is 5.29. The number of anilines is 1. The van der Waals surface area contributed by atoms with Crippen LogP contribution >= 0.6 is 46.1 Å². The molecule has 24 heavy (non-hydrogen) atoms. The number of hydrogen-bond donors (Lipinski definition) is 1. The molecule has 1 aromatic heterocycles. The maximum absolute atomic E-state index is 12.6. The van der Waals surface area contributed by atoms with E-state index in [2.05, 4.69) is 5.32 Å². The number of rotatable bonds is 3. The topological polar surface area (TPSA) is 58.6 Å². The Morgan fingerprint density at radius 1 is 1.29 bits per heavy atom. The van der Waals surface area contributed by atoms with Gasteiger partial charge in [0.05, 0.1) is 5.69 Å². The zero-order chi connectivity index (χ0) is 18.1. The number of halogens is 3. The zero-order valence-corrected chi connectivity index (χ0v) is 16.7. The van der Waals surface area contributed by atoms with Gasteiger partial charge < -0.3 is 9.64 Å². The second-order valence-electron chi connectivity index (χ2n) is 6.57. The first-order chi connectivity index (χ1) is 11.0. The van der Waals surface area contributed by atoms with E-state index in [1.165, 1.54) is 11.3 Å². The van der Waals surface area contributed by atoms with E-state index < -0.39 is 9.89 Å². The molecule has 2 heterocycles. The summed E-state index contributed by atoms with van der Waals surface area (Å²) in [5.74, 6) is -0.0848. The lowest BCUT2D eigenvalue weighted by Crippen LogP contribution is -2.42. The number of nitrogens with zero attached hydrogens (tertiary/aromatic N) is 1. The van der Waals surface area contributed by atoms with Crippen LogP contribution in [0, 0.1) is 0 Å². The molecule has 0 radical (unpaired) electrons. The summed E-state index contributed by atoms with van der Waals surface area (Å²) in [6.45, 7) is 7.22. The molecule has 1 fully saturated rings. The van der Waals surface area contributed by atoms with Gasteiger partial charge in [-0.2, -0.15) is 0 Å². The van der Waals surface area contributed by atoms with Crippen LogP contribution in [0.1, 0.15) is 41.7 Å². The third-order valence-electron chi connectivity index (χ3n) is 3.41. The Bertz CT molecular complexity index is 631. The Hall–Kier alpha value is -0.690. The Morgan fingerprint density at radius 2 is 1.92 bits per heavy atom. The lowest BCUT2D eigenvalue weighted by Gasteiger charge is -2.30. The average molecular weight is 414 g/mol.